The molecule has 0 spiro atoms. The van der Waals surface area contributed by atoms with Crippen molar-refractivity contribution >= 4 is 23.6 Å². The molecule has 0 saturated carbocycles. The minimum absolute atomic E-state index is 0.0311. The lowest BCUT2D eigenvalue weighted by Gasteiger charge is -2.33. The molecule has 0 radical (unpaired) electrons. The van der Waals surface area contributed by atoms with Gasteiger partial charge < -0.3 is 24.8 Å². The lowest BCUT2D eigenvalue weighted by molar-refractivity contribution is 0.0184. The van der Waals surface area contributed by atoms with Crippen LogP contribution in [-0.2, 0) is 16.7 Å². The molecule has 1 aliphatic heterocycles. The van der Waals surface area contributed by atoms with Crippen LogP contribution in [0.15, 0.2) is 41.3 Å². The second-order valence-corrected chi connectivity index (χ2v) is 13.4. The number of amides is 2. The van der Waals surface area contributed by atoms with Gasteiger partial charge in [0.15, 0.2) is 5.82 Å². The van der Waals surface area contributed by atoms with Crippen molar-refractivity contribution in [3.8, 4) is 11.3 Å². The van der Waals surface area contributed by atoms with Crippen LogP contribution in [-0.4, -0.2) is 65.5 Å². The predicted octanol–water partition coefficient (Wildman–Crippen LogP) is 5.71. The molecule has 0 aliphatic carbocycles. The topological polar surface area (TPSA) is 153 Å². The monoisotopic (exact) mass is 633 g/mol. The summed E-state index contributed by atoms with van der Waals surface area (Å²) >= 11 is 0. The van der Waals surface area contributed by atoms with Crippen molar-refractivity contribution < 1.29 is 23.2 Å². The third-order valence-electron chi connectivity index (χ3n) is 7.42. The van der Waals surface area contributed by atoms with E-state index in [-0.39, 0.29) is 41.6 Å². The second-order valence-electron chi connectivity index (χ2n) is 13.4. The number of carbonyl (C=O) groups excluding carboxylic acids is 2. The highest BCUT2D eigenvalue weighted by atomic mass is 19.1. The third-order valence-corrected chi connectivity index (χ3v) is 7.42. The molecule has 1 saturated heterocycles. The lowest BCUT2D eigenvalue weighted by atomic mass is 9.97. The number of hydrogen-bond donors (Lipinski definition) is 2. The number of aromatic nitrogens is 6. The summed E-state index contributed by atoms with van der Waals surface area (Å²) in [6.45, 7) is 14.6. The van der Waals surface area contributed by atoms with E-state index in [4.69, 9.17) is 9.26 Å². The molecule has 0 atom stereocenters. The predicted molar refractivity (Wildman–Crippen MR) is 168 cm³/mol. The van der Waals surface area contributed by atoms with Gasteiger partial charge in [0.1, 0.15) is 11.3 Å². The molecule has 2 amide bonds. The highest BCUT2D eigenvalue weighted by molar-refractivity contribution is 5.90. The standard InChI is InChI=1S/C32H40FN9O4/c1-19-14-20(8-9-21(19)15-34-27(43)26-39-28(46-40-26)31(2,3)4)25-24(33)17-35-29(38-25)37-22-16-36-42(18-22)23-10-12-41(13-11-23)30(44)45-32(5,6)7/h8-9,14,16-18,23H,10-13,15H2,1-7H3,(H,34,43)(H,35,37,38). The Morgan fingerprint density at radius 2 is 1.83 bits per heavy atom. The van der Waals surface area contributed by atoms with Gasteiger partial charge in [0, 0.05) is 36.8 Å². The molecule has 244 valence electrons. The van der Waals surface area contributed by atoms with Crippen molar-refractivity contribution in [2.75, 3.05) is 18.4 Å². The number of hydrogen-bond acceptors (Lipinski definition) is 10. The number of anilines is 2. The first kappa shape index (κ1) is 32.5. The number of ether oxygens (including phenoxy) is 1. The molecule has 0 unspecified atom stereocenters. The van der Waals surface area contributed by atoms with Gasteiger partial charge in [-0.3, -0.25) is 9.48 Å². The number of rotatable bonds is 7. The molecule has 14 heteroatoms. The van der Waals surface area contributed by atoms with Gasteiger partial charge in [0.05, 0.1) is 24.1 Å². The molecule has 46 heavy (non-hydrogen) atoms. The Morgan fingerprint density at radius 1 is 1.09 bits per heavy atom. The van der Waals surface area contributed by atoms with E-state index in [0.29, 0.717) is 30.2 Å². The maximum Gasteiger partial charge on any atom is 0.410 e. The van der Waals surface area contributed by atoms with Crippen molar-refractivity contribution in [2.24, 2.45) is 0 Å². The highest BCUT2D eigenvalue weighted by Crippen LogP contribution is 2.27. The number of likely N-dealkylation sites (tertiary alicyclic amines) is 1. The number of halogens is 1. The SMILES string of the molecule is Cc1cc(-c2nc(Nc3cnn(C4CCN(C(=O)OC(C)(C)C)CC4)c3)ncc2F)ccc1CNC(=O)c1noc(C(C)(C)C)n1. The first-order valence-corrected chi connectivity index (χ1v) is 15.2. The Bertz CT molecular complexity index is 1710. The number of nitrogens with one attached hydrogen (secondary N) is 2. The summed E-state index contributed by atoms with van der Waals surface area (Å²) in [5.74, 6) is -0.443. The van der Waals surface area contributed by atoms with Crippen LogP contribution in [0.25, 0.3) is 11.3 Å². The normalized spacial score (nSPS) is 14.3. The average molecular weight is 634 g/mol. The number of nitrogens with zero attached hydrogens (tertiary/aromatic N) is 7. The molecular weight excluding hydrogens is 593 g/mol. The van der Waals surface area contributed by atoms with Crippen LogP contribution in [0.4, 0.5) is 20.8 Å². The van der Waals surface area contributed by atoms with Gasteiger partial charge in [0.2, 0.25) is 11.8 Å². The quantitative estimate of drug-likeness (QED) is 0.259. The van der Waals surface area contributed by atoms with E-state index >= 15 is 0 Å². The van der Waals surface area contributed by atoms with Gasteiger partial charge in [-0.15, -0.1) is 0 Å². The van der Waals surface area contributed by atoms with E-state index in [0.717, 1.165) is 30.2 Å². The summed E-state index contributed by atoms with van der Waals surface area (Å²) in [6, 6.07) is 5.49. The molecular formula is C32H40FN9O4. The second kappa shape index (κ2) is 12.9. The van der Waals surface area contributed by atoms with Crippen LogP contribution in [0.3, 0.4) is 0 Å². The van der Waals surface area contributed by atoms with Gasteiger partial charge in [0.25, 0.3) is 11.7 Å². The van der Waals surface area contributed by atoms with Crippen molar-refractivity contribution in [1.29, 1.82) is 0 Å². The Morgan fingerprint density at radius 3 is 2.48 bits per heavy atom. The van der Waals surface area contributed by atoms with Crippen molar-refractivity contribution in [1.82, 2.24) is 40.1 Å². The van der Waals surface area contributed by atoms with E-state index in [2.05, 4.69) is 35.8 Å². The fraction of sp³-hybridized carbons (Fsp3) is 0.469. The Labute approximate surface area is 266 Å². The molecule has 2 N–H and O–H groups in total. The molecule has 13 nitrogen and oxygen atoms in total. The van der Waals surface area contributed by atoms with Crippen LogP contribution in [0.2, 0.25) is 0 Å². The Balaban J connectivity index is 1.20. The fourth-order valence-electron chi connectivity index (χ4n) is 4.92. The molecule has 4 aromatic rings. The van der Waals surface area contributed by atoms with Crippen LogP contribution in [0.1, 0.15) is 88.1 Å². The Kier molecular flexibility index (Phi) is 9.08. The van der Waals surface area contributed by atoms with Gasteiger partial charge in [-0.05, 0) is 57.7 Å². The minimum Gasteiger partial charge on any atom is -0.444 e. The highest BCUT2D eigenvalue weighted by Gasteiger charge is 2.28. The zero-order valence-electron chi connectivity index (χ0n) is 27.2. The van der Waals surface area contributed by atoms with Crippen molar-refractivity contribution in [3.05, 3.63) is 65.4 Å². The average Bonchev–Trinajstić information content (AvgIpc) is 3.67. The molecule has 5 rings (SSSR count). The zero-order chi connectivity index (χ0) is 33.2. The maximum absolute atomic E-state index is 14.9. The number of carbonyl (C=O) groups is 2. The van der Waals surface area contributed by atoms with E-state index in [1.54, 1.807) is 17.2 Å². The van der Waals surface area contributed by atoms with Crippen molar-refractivity contribution in [3.63, 3.8) is 0 Å². The Hall–Kier alpha value is -4.88. The zero-order valence-corrected chi connectivity index (χ0v) is 27.2. The fourth-order valence-corrected chi connectivity index (χ4v) is 4.92. The molecule has 0 bridgehead atoms. The minimum atomic E-state index is -0.565. The van der Waals surface area contributed by atoms with Gasteiger partial charge in [-0.1, -0.05) is 38.1 Å². The summed E-state index contributed by atoms with van der Waals surface area (Å²) in [5.41, 5.74) is 2.15. The van der Waals surface area contributed by atoms with Crippen LogP contribution >= 0.6 is 0 Å². The van der Waals surface area contributed by atoms with E-state index < -0.39 is 17.3 Å². The molecule has 3 aromatic heterocycles. The van der Waals surface area contributed by atoms with Gasteiger partial charge >= 0.3 is 6.09 Å². The van der Waals surface area contributed by atoms with E-state index in [1.807, 2.05) is 71.5 Å². The summed E-state index contributed by atoms with van der Waals surface area (Å²) in [6.07, 6.45) is 5.83. The summed E-state index contributed by atoms with van der Waals surface area (Å²) in [7, 11) is 0. The first-order valence-electron chi connectivity index (χ1n) is 15.2. The van der Waals surface area contributed by atoms with Gasteiger partial charge in [-0.25, -0.2) is 19.2 Å². The van der Waals surface area contributed by atoms with Crippen LogP contribution in [0.5, 0.6) is 0 Å². The number of aryl methyl sites for hydroxylation is 1. The summed E-state index contributed by atoms with van der Waals surface area (Å²) in [5, 5.41) is 14.2. The summed E-state index contributed by atoms with van der Waals surface area (Å²) < 4.78 is 27.4. The molecule has 1 fully saturated rings. The van der Waals surface area contributed by atoms with E-state index in [1.165, 1.54) is 0 Å². The largest absolute Gasteiger partial charge is 0.444 e. The van der Waals surface area contributed by atoms with Crippen LogP contribution in [0, 0.1) is 12.7 Å². The first-order chi connectivity index (χ1) is 21.7. The summed E-state index contributed by atoms with van der Waals surface area (Å²) in [4.78, 5) is 39.4. The number of piperidine rings is 1. The molecule has 4 heterocycles. The smallest absolute Gasteiger partial charge is 0.410 e. The maximum atomic E-state index is 14.9. The van der Waals surface area contributed by atoms with Crippen LogP contribution < -0.4 is 10.6 Å². The van der Waals surface area contributed by atoms with Gasteiger partial charge in [-0.2, -0.15) is 10.1 Å². The van der Waals surface area contributed by atoms with Crippen molar-refractivity contribution in [2.45, 2.75) is 84.9 Å². The molecule has 1 aromatic carbocycles. The van der Waals surface area contributed by atoms with E-state index in [9.17, 15) is 14.0 Å². The third kappa shape index (κ3) is 7.85. The lowest BCUT2D eigenvalue weighted by Crippen LogP contribution is -2.42. The number of benzene rings is 1. The molecule has 1 aliphatic rings.